The van der Waals surface area contributed by atoms with Crippen LogP contribution in [-0.2, 0) is 21.3 Å². The van der Waals surface area contributed by atoms with Gasteiger partial charge in [-0.05, 0) is 61.7 Å². The molecule has 2 aliphatic heterocycles. The smallest absolute Gasteiger partial charge is 0.229 e. The highest BCUT2D eigenvalue weighted by atomic mass is 32.2. The van der Waals surface area contributed by atoms with Crippen LogP contribution < -0.4 is 14.4 Å². The van der Waals surface area contributed by atoms with E-state index < -0.39 is 10.0 Å². The molecule has 0 bridgehead atoms. The average Bonchev–Trinajstić information content (AvgIpc) is 2.76. The third-order valence-corrected chi connectivity index (χ3v) is 6.96. The van der Waals surface area contributed by atoms with Gasteiger partial charge in [0.25, 0.3) is 0 Å². The number of piperidine rings is 1. The largest absolute Gasteiger partial charge is 0.494 e. The molecule has 0 aliphatic carbocycles. The van der Waals surface area contributed by atoms with Crippen LogP contribution in [0.2, 0.25) is 0 Å². The molecule has 174 valence electrons. The zero-order valence-corrected chi connectivity index (χ0v) is 19.7. The Hall–Kier alpha value is -2.29. The SMILES string of the molecule is CCOc1ccc(N2CCC3(CC2)COCCN3Cc2cccc(NS(C)(=O)=O)c2)cc1. The minimum Gasteiger partial charge on any atom is -0.494 e. The maximum atomic E-state index is 11.6. The number of anilines is 2. The maximum absolute atomic E-state index is 11.6. The Balaban J connectivity index is 1.43. The van der Waals surface area contributed by atoms with E-state index in [2.05, 4.69) is 32.7 Å². The van der Waals surface area contributed by atoms with Gasteiger partial charge in [0, 0.05) is 43.1 Å². The number of rotatable bonds is 7. The van der Waals surface area contributed by atoms with Gasteiger partial charge < -0.3 is 14.4 Å². The van der Waals surface area contributed by atoms with Gasteiger partial charge in [-0.3, -0.25) is 9.62 Å². The van der Waals surface area contributed by atoms with Crippen molar-refractivity contribution >= 4 is 21.4 Å². The van der Waals surface area contributed by atoms with Gasteiger partial charge >= 0.3 is 0 Å². The summed E-state index contributed by atoms with van der Waals surface area (Å²) in [7, 11) is -3.29. The molecule has 7 nitrogen and oxygen atoms in total. The number of nitrogens with one attached hydrogen (secondary N) is 1. The first-order valence-electron chi connectivity index (χ1n) is 11.2. The van der Waals surface area contributed by atoms with Gasteiger partial charge in [-0.15, -0.1) is 0 Å². The molecule has 4 rings (SSSR count). The summed E-state index contributed by atoms with van der Waals surface area (Å²) < 4.78 is 37.3. The summed E-state index contributed by atoms with van der Waals surface area (Å²) in [6.07, 6.45) is 3.23. The second kappa shape index (κ2) is 9.68. The van der Waals surface area contributed by atoms with Crippen LogP contribution in [0, 0.1) is 0 Å². The number of benzene rings is 2. The molecule has 1 N–H and O–H groups in total. The Morgan fingerprint density at radius 3 is 2.53 bits per heavy atom. The van der Waals surface area contributed by atoms with E-state index in [1.54, 1.807) is 6.07 Å². The van der Waals surface area contributed by atoms with Crippen LogP contribution in [-0.4, -0.2) is 64.6 Å². The standard InChI is InChI=1S/C24H33N3O4S/c1-3-31-23-9-7-22(8-10-23)26-13-11-24(12-14-26)19-30-16-15-27(24)18-20-5-4-6-21(17-20)25-32(2,28)29/h4-10,17,25H,3,11-16,18-19H2,1-2H3. The molecular weight excluding hydrogens is 426 g/mol. The molecule has 2 heterocycles. The average molecular weight is 460 g/mol. The third-order valence-electron chi connectivity index (χ3n) is 6.36. The predicted octanol–water partition coefficient (Wildman–Crippen LogP) is 3.33. The van der Waals surface area contributed by atoms with Crippen molar-refractivity contribution in [3.63, 3.8) is 0 Å². The van der Waals surface area contributed by atoms with Gasteiger partial charge in [-0.1, -0.05) is 12.1 Å². The fourth-order valence-corrected chi connectivity index (χ4v) is 5.30. The Morgan fingerprint density at radius 1 is 1.09 bits per heavy atom. The lowest BCUT2D eigenvalue weighted by atomic mass is 9.84. The molecule has 0 atom stereocenters. The van der Waals surface area contributed by atoms with Crippen molar-refractivity contribution in [2.45, 2.75) is 31.8 Å². The molecule has 2 aliphatic rings. The lowest BCUT2D eigenvalue weighted by Crippen LogP contribution is -2.61. The third kappa shape index (κ3) is 5.54. The van der Waals surface area contributed by atoms with E-state index in [4.69, 9.17) is 9.47 Å². The van der Waals surface area contributed by atoms with E-state index in [1.807, 2.05) is 31.2 Å². The minimum atomic E-state index is -3.29. The van der Waals surface area contributed by atoms with E-state index >= 15 is 0 Å². The summed E-state index contributed by atoms with van der Waals surface area (Å²) >= 11 is 0. The second-order valence-corrected chi connectivity index (χ2v) is 10.4. The van der Waals surface area contributed by atoms with Crippen LogP contribution in [0.4, 0.5) is 11.4 Å². The van der Waals surface area contributed by atoms with Gasteiger partial charge in [0.15, 0.2) is 0 Å². The fourth-order valence-electron chi connectivity index (χ4n) is 4.74. The molecule has 0 amide bonds. The predicted molar refractivity (Wildman–Crippen MR) is 128 cm³/mol. The van der Waals surface area contributed by atoms with Crippen molar-refractivity contribution in [2.75, 3.05) is 55.3 Å². The number of sulfonamides is 1. The van der Waals surface area contributed by atoms with Crippen LogP contribution >= 0.6 is 0 Å². The molecule has 0 aromatic heterocycles. The Morgan fingerprint density at radius 2 is 1.84 bits per heavy atom. The fraction of sp³-hybridized carbons (Fsp3) is 0.500. The summed E-state index contributed by atoms with van der Waals surface area (Å²) in [5.41, 5.74) is 2.96. The zero-order valence-electron chi connectivity index (χ0n) is 18.9. The van der Waals surface area contributed by atoms with Gasteiger partial charge in [0.1, 0.15) is 5.75 Å². The summed E-state index contributed by atoms with van der Waals surface area (Å²) in [6, 6.07) is 16.0. The van der Waals surface area contributed by atoms with Gasteiger partial charge in [0.05, 0.1) is 26.1 Å². The summed E-state index contributed by atoms with van der Waals surface area (Å²) in [5, 5.41) is 0. The number of morpholine rings is 1. The number of hydrogen-bond acceptors (Lipinski definition) is 6. The molecule has 1 spiro atoms. The van der Waals surface area contributed by atoms with Crippen LogP contribution in [0.15, 0.2) is 48.5 Å². The first-order valence-corrected chi connectivity index (χ1v) is 13.1. The summed E-state index contributed by atoms with van der Waals surface area (Å²) in [5.74, 6) is 0.907. The van der Waals surface area contributed by atoms with Crippen molar-refractivity contribution in [2.24, 2.45) is 0 Å². The highest BCUT2D eigenvalue weighted by Gasteiger charge is 2.42. The molecule has 2 saturated heterocycles. The van der Waals surface area contributed by atoms with Crippen LogP contribution in [0.25, 0.3) is 0 Å². The number of ether oxygens (including phenoxy) is 2. The van der Waals surface area contributed by atoms with Crippen LogP contribution in [0.1, 0.15) is 25.3 Å². The topological polar surface area (TPSA) is 71.1 Å². The summed E-state index contributed by atoms with van der Waals surface area (Å²) in [4.78, 5) is 4.97. The molecule has 0 radical (unpaired) electrons. The van der Waals surface area contributed by atoms with Crippen molar-refractivity contribution in [1.29, 1.82) is 0 Å². The lowest BCUT2D eigenvalue weighted by Gasteiger charge is -2.51. The van der Waals surface area contributed by atoms with Crippen molar-refractivity contribution < 1.29 is 17.9 Å². The molecule has 8 heteroatoms. The maximum Gasteiger partial charge on any atom is 0.229 e. The normalized spacial score (nSPS) is 19.1. The molecule has 2 aromatic rings. The van der Waals surface area contributed by atoms with E-state index in [-0.39, 0.29) is 5.54 Å². The molecule has 2 aromatic carbocycles. The molecule has 2 fully saturated rings. The van der Waals surface area contributed by atoms with Crippen LogP contribution in [0.3, 0.4) is 0 Å². The Bertz CT molecular complexity index is 1000. The summed E-state index contributed by atoms with van der Waals surface area (Å²) in [6.45, 7) is 7.76. The highest BCUT2D eigenvalue weighted by Crippen LogP contribution is 2.35. The van der Waals surface area contributed by atoms with Crippen molar-refractivity contribution in [1.82, 2.24) is 4.90 Å². The van der Waals surface area contributed by atoms with E-state index in [0.29, 0.717) is 12.3 Å². The first-order chi connectivity index (χ1) is 15.4. The van der Waals surface area contributed by atoms with E-state index in [1.165, 1.54) is 11.9 Å². The molecule has 0 unspecified atom stereocenters. The van der Waals surface area contributed by atoms with Gasteiger partial charge in [-0.2, -0.15) is 0 Å². The Kier molecular flexibility index (Phi) is 6.93. The quantitative estimate of drug-likeness (QED) is 0.685. The zero-order chi connectivity index (χ0) is 22.6. The Labute approximate surface area is 191 Å². The number of hydrogen-bond donors (Lipinski definition) is 1. The second-order valence-electron chi connectivity index (χ2n) is 8.69. The van der Waals surface area contributed by atoms with Crippen molar-refractivity contribution in [3.8, 4) is 5.75 Å². The first kappa shape index (κ1) is 22.9. The number of nitrogens with zero attached hydrogens (tertiary/aromatic N) is 2. The van der Waals surface area contributed by atoms with E-state index in [9.17, 15) is 8.42 Å². The van der Waals surface area contributed by atoms with E-state index in [0.717, 1.165) is 63.5 Å². The highest BCUT2D eigenvalue weighted by molar-refractivity contribution is 7.92. The van der Waals surface area contributed by atoms with Gasteiger partial charge in [0.2, 0.25) is 10.0 Å². The minimum absolute atomic E-state index is 0.0142. The van der Waals surface area contributed by atoms with Gasteiger partial charge in [-0.25, -0.2) is 8.42 Å². The molecule has 32 heavy (non-hydrogen) atoms. The molecular formula is C24H33N3O4S. The molecule has 0 saturated carbocycles. The van der Waals surface area contributed by atoms with Crippen molar-refractivity contribution in [3.05, 3.63) is 54.1 Å². The van der Waals surface area contributed by atoms with Crippen LogP contribution in [0.5, 0.6) is 5.75 Å². The monoisotopic (exact) mass is 459 g/mol. The lowest BCUT2D eigenvalue weighted by molar-refractivity contribution is -0.0842.